The smallest absolute Gasteiger partial charge is 0.279 e. The Morgan fingerprint density at radius 1 is 1.12 bits per heavy atom. The fourth-order valence-corrected chi connectivity index (χ4v) is 2.13. The number of aromatic nitrogens is 2. The molecule has 2 aromatic heterocycles. The first-order chi connectivity index (χ1) is 11.5. The number of carbonyl (C=O) groups excluding carboxylic acids is 2. The van der Waals surface area contributed by atoms with Crippen LogP contribution in [0.4, 0.5) is 5.82 Å². The first-order valence-electron chi connectivity index (χ1n) is 7.13. The van der Waals surface area contributed by atoms with Crippen LogP contribution in [0, 0.1) is 6.92 Å². The van der Waals surface area contributed by atoms with Crippen LogP contribution in [0.3, 0.4) is 0 Å². The minimum Gasteiger partial charge on any atom is -0.443 e. The van der Waals surface area contributed by atoms with Crippen molar-refractivity contribution in [1.29, 1.82) is 0 Å². The molecule has 3 N–H and O–H groups in total. The third kappa shape index (κ3) is 3.14. The lowest BCUT2D eigenvalue weighted by molar-refractivity contribution is 0.0990. The Morgan fingerprint density at radius 2 is 1.88 bits per heavy atom. The molecule has 2 heterocycles. The van der Waals surface area contributed by atoms with Crippen LogP contribution in [0.5, 0.6) is 0 Å². The molecule has 0 spiro atoms. The molecule has 3 aromatic rings. The molecular formula is C17H14N4O3. The summed E-state index contributed by atoms with van der Waals surface area (Å²) in [6.45, 7) is 1.97. The Kier molecular flexibility index (Phi) is 4.07. The number of carbonyl (C=O) groups is 2. The van der Waals surface area contributed by atoms with E-state index in [1.807, 2.05) is 31.2 Å². The molecule has 0 atom stereocenters. The summed E-state index contributed by atoms with van der Waals surface area (Å²) >= 11 is 0. The zero-order chi connectivity index (χ0) is 17.1. The zero-order valence-electron chi connectivity index (χ0n) is 12.8. The van der Waals surface area contributed by atoms with E-state index < -0.39 is 11.8 Å². The highest BCUT2D eigenvalue weighted by molar-refractivity contribution is 6.06. The second-order valence-electron chi connectivity index (χ2n) is 5.12. The number of hydrogen-bond acceptors (Lipinski definition) is 5. The molecule has 7 heteroatoms. The van der Waals surface area contributed by atoms with Gasteiger partial charge < -0.3 is 15.5 Å². The molecule has 24 heavy (non-hydrogen) atoms. The summed E-state index contributed by atoms with van der Waals surface area (Å²) in [6.07, 6.45) is 1.21. The van der Waals surface area contributed by atoms with Gasteiger partial charge in [0.05, 0.1) is 0 Å². The van der Waals surface area contributed by atoms with Crippen LogP contribution in [-0.2, 0) is 0 Å². The number of anilines is 1. The predicted molar refractivity (Wildman–Crippen MR) is 87.4 cm³/mol. The van der Waals surface area contributed by atoms with Gasteiger partial charge in [0, 0.05) is 5.56 Å². The first kappa shape index (κ1) is 15.4. The van der Waals surface area contributed by atoms with Crippen LogP contribution in [-0.4, -0.2) is 21.8 Å². The summed E-state index contributed by atoms with van der Waals surface area (Å²) < 4.78 is 5.34. The normalized spacial score (nSPS) is 10.4. The van der Waals surface area contributed by atoms with Crippen molar-refractivity contribution in [3.8, 4) is 11.3 Å². The van der Waals surface area contributed by atoms with E-state index in [-0.39, 0.29) is 17.2 Å². The monoisotopic (exact) mass is 322 g/mol. The number of primary amides is 1. The van der Waals surface area contributed by atoms with Crippen molar-refractivity contribution in [2.75, 3.05) is 5.32 Å². The van der Waals surface area contributed by atoms with Crippen molar-refractivity contribution in [3.05, 3.63) is 65.8 Å². The lowest BCUT2D eigenvalue weighted by Crippen LogP contribution is -2.17. The van der Waals surface area contributed by atoms with Gasteiger partial charge in [-0.25, -0.2) is 9.97 Å². The van der Waals surface area contributed by atoms with Gasteiger partial charge in [-0.2, -0.15) is 0 Å². The molecule has 0 aliphatic rings. The summed E-state index contributed by atoms with van der Waals surface area (Å²) in [7, 11) is 0. The van der Waals surface area contributed by atoms with Crippen molar-refractivity contribution in [1.82, 2.24) is 9.97 Å². The van der Waals surface area contributed by atoms with E-state index in [0.29, 0.717) is 5.76 Å². The third-order valence-electron chi connectivity index (χ3n) is 3.34. The van der Waals surface area contributed by atoms with Crippen molar-refractivity contribution in [2.24, 2.45) is 5.73 Å². The molecule has 0 saturated carbocycles. The SMILES string of the molecule is Cc1ccc(-c2ocnc2C(=O)Nc2cccc(C(N)=O)n2)cc1. The molecule has 0 aliphatic carbocycles. The lowest BCUT2D eigenvalue weighted by atomic mass is 10.1. The fraction of sp³-hybridized carbons (Fsp3) is 0.0588. The van der Waals surface area contributed by atoms with Crippen LogP contribution < -0.4 is 11.1 Å². The van der Waals surface area contributed by atoms with Crippen LogP contribution in [0.1, 0.15) is 26.5 Å². The van der Waals surface area contributed by atoms with Crippen molar-refractivity contribution in [2.45, 2.75) is 6.92 Å². The van der Waals surface area contributed by atoms with Gasteiger partial charge in [-0.1, -0.05) is 35.9 Å². The zero-order valence-corrected chi connectivity index (χ0v) is 12.8. The molecule has 3 rings (SSSR count). The van der Waals surface area contributed by atoms with E-state index in [0.717, 1.165) is 11.1 Å². The number of benzene rings is 1. The quantitative estimate of drug-likeness (QED) is 0.766. The maximum Gasteiger partial charge on any atom is 0.279 e. The number of aryl methyl sites for hydroxylation is 1. The molecule has 0 fully saturated rings. The first-order valence-corrected chi connectivity index (χ1v) is 7.13. The number of oxazole rings is 1. The molecule has 0 bridgehead atoms. The van der Waals surface area contributed by atoms with Crippen LogP contribution in [0.15, 0.2) is 53.3 Å². The van der Waals surface area contributed by atoms with Crippen LogP contribution >= 0.6 is 0 Å². The number of hydrogen-bond donors (Lipinski definition) is 2. The predicted octanol–water partition coefficient (Wildman–Crippen LogP) is 2.40. The van der Waals surface area contributed by atoms with Gasteiger partial charge in [-0.3, -0.25) is 9.59 Å². The van der Waals surface area contributed by atoms with Gasteiger partial charge in [0.2, 0.25) is 0 Å². The highest BCUT2D eigenvalue weighted by Gasteiger charge is 2.19. The molecular weight excluding hydrogens is 308 g/mol. The summed E-state index contributed by atoms with van der Waals surface area (Å²) in [5, 5.41) is 2.58. The van der Waals surface area contributed by atoms with Gasteiger partial charge in [0.1, 0.15) is 11.5 Å². The molecule has 7 nitrogen and oxygen atoms in total. The minimum atomic E-state index is -0.673. The maximum atomic E-state index is 12.4. The molecule has 1 aromatic carbocycles. The summed E-state index contributed by atoms with van der Waals surface area (Å²) in [5.41, 5.74) is 7.20. The van der Waals surface area contributed by atoms with Gasteiger partial charge in [-0.05, 0) is 19.1 Å². The van der Waals surface area contributed by atoms with Gasteiger partial charge in [0.25, 0.3) is 11.8 Å². The maximum absolute atomic E-state index is 12.4. The van der Waals surface area contributed by atoms with E-state index >= 15 is 0 Å². The fourth-order valence-electron chi connectivity index (χ4n) is 2.13. The minimum absolute atomic E-state index is 0.0618. The molecule has 120 valence electrons. The van der Waals surface area contributed by atoms with Gasteiger partial charge in [-0.15, -0.1) is 0 Å². The number of rotatable bonds is 4. The summed E-state index contributed by atoms with van der Waals surface area (Å²) in [5.74, 6) is -0.603. The van der Waals surface area contributed by atoms with Crippen LogP contribution in [0.2, 0.25) is 0 Å². The number of nitrogens with one attached hydrogen (secondary N) is 1. The van der Waals surface area contributed by atoms with Crippen molar-refractivity contribution < 1.29 is 14.0 Å². The Hall–Kier alpha value is -3.48. The number of nitrogens with zero attached hydrogens (tertiary/aromatic N) is 2. The third-order valence-corrected chi connectivity index (χ3v) is 3.34. The lowest BCUT2D eigenvalue weighted by Gasteiger charge is -2.05. The van der Waals surface area contributed by atoms with E-state index in [4.69, 9.17) is 10.2 Å². The number of nitrogens with two attached hydrogens (primary N) is 1. The Balaban J connectivity index is 1.86. The second kappa shape index (κ2) is 6.33. The topological polar surface area (TPSA) is 111 Å². The van der Waals surface area contributed by atoms with Gasteiger partial charge in [0.15, 0.2) is 17.8 Å². The Morgan fingerprint density at radius 3 is 2.58 bits per heavy atom. The molecule has 0 saturated heterocycles. The van der Waals surface area contributed by atoms with Gasteiger partial charge >= 0.3 is 0 Å². The van der Waals surface area contributed by atoms with E-state index in [1.165, 1.54) is 12.5 Å². The molecule has 2 amide bonds. The standard InChI is InChI=1S/C17H14N4O3/c1-10-5-7-11(8-6-10)15-14(19-9-24-15)17(23)21-13-4-2-3-12(20-13)16(18)22/h2-9H,1H3,(H2,18,22)(H,20,21,23). The van der Waals surface area contributed by atoms with E-state index in [2.05, 4.69) is 15.3 Å². The van der Waals surface area contributed by atoms with Crippen LogP contribution in [0.25, 0.3) is 11.3 Å². The molecule has 0 radical (unpaired) electrons. The summed E-state index contributed by atoms with van der Waals surface area (Å²) in [4.78, 5) is 31.5. The Labute approximate surface area is 137 Å². The number of amides is 2. The second-order valence-corrected chi connectivity index (χ2v) is 5.12. The largest absolute Gasteiger partial charge is 0.443 e. The number of pyridine rings is 1. The highest BCUT2D eigenvalue weighted by Crippen LogP contribution is 2.24. The average Bonchev–Trinajstić information content (AvgIpc) is 3.05. The Bertz CT molecular complexity index is 900. The average molecular weight is 322 g/mol. The van der Waals surface area contributed by atoms with Crippen molar-refractivity contribution in [3.63, 3.8) is 0 Å². The summed E-state index contributed by atoms with van der Waals surface area (Å²) in [6, 6.07) is 12.1. The van der Waals surface area contributed by atoms with E-state index in [9.17, 15) is 9.59 Å². The van der Waals surface area contributed by atoms with Crippen molar-refractivity contribution >= 4 is 17.6 Å². The highest BCUT2D eigenvalue weighted by atomic mass is 16.3. The molecule has 0 unspecified atom stereocenters. The molecule has 0 aliphatic heterocycles. The van der Waals surface area contributed by atoms with E-state index in [1.54, 1.807) is 12.1 Å².